The molecule has 0 bridgehead atoms. The van der Waals surface area contributed by atoms with E-state index < -0.39 is 11.7 Å². The molecule has 8 heteroatoms. The van der Waals surface area contributed by atoms with E-state index in [4.69, 9.17) is 4.74 Å². The number of amides is 1. The molecule has 0 unspecified atom stereocenters. The second kappa shape index (κ2) is 7.10. The highest BCUT2D eigenvalue weighted by Gasteiger charge is 2.30. The van der Waals surface area contributed by atoms with E-state index in [1.807, 2.05) is 0 Å². The molecule has 1 aliphatic rings. The lowest BCUT2D eigenvalue weighted by molar-refractivity contribution is -0.137. The van der Waals surface area contributed by atoms with E-state index in [2.05, 4.69) is 10.3 Å². The minimum absolute atomic E-state index is 0.138. The average Bonchev–Trinajstić information content (AvgIpc) is 2.62. The summed E-state index contributed by atoms with van der Waals surface area (Å²) in [5, 5.41) is 2.81. The molecule has 1 amide bonds. The lowest BCUT2D eigenvalue weighted by atomic mass is 10.2. The van der Waals surface area contributed by atoms with E-state index in [-0.39, 0.29) is 11.6 Å². The Kier molecular flexibility index (Phi) is 4.89. The summed E-state index contributed by atoms with van der Waals surface area (Å²) in [6.45, 7) is 2.08. The Balaban J connectivity index is 1.69. The summed E-state index contributed by atoms with van der Waals surface area (Å²) in [5.74, 6) is 0.222. The highest BCUT2D eigenvalue weighted by molar-refractivity contribution is 5.94. The van der Waals surface area contributed by atoms with Crippen LogP contribution in [0.1, 0.15) is 15.9 Å². The molecule has 2 heterocycles. The van der Waals surface area contributed by atoms with Gasteiger partial charge in [-0.05, 0) is 30.3 Å². The smallest absolute Gasteiger partial charge is 0.378 e. The number of anilines is 2. The lowest BCUT2D eigenvalue weighted by Crippen LogP contribution is -2.40. The molecule has 2 aromatic rings. The molecule has 0 spiro atoms. The summed E-state index contributed by atoms with van der Waals surface area (Å²) in [4.78, 5) is 18.1. The van der Waals surface area contributed by atoms with Gasteiger partial charge in [-0.2, -0.15) is 13.2 Å². The predicted molar refractivity (Wildman–Crippen MR) is 85.7 cm³/mol. The second-order valence-corrected chi connectivity index (χ2v) is 5.54. The number of carbonyl (C=O) groups excluding carboxylic acids is 1. The third-order valence-electron chi connectivity index (χ3n) is 3.77. The van der Waals surface area contributed by atoms with Gasteiger partial charge in [0.1, 0.15) is 5.82 Å². The van der Waals surface area contributed by atoms with Crippen molar-refractivity contribution in [2.24, 2.45) is 0 Å². The van der Waals surface area contributed by atoms with Gasteiger partial charge < -0.3 is 15.0 Å². The van der Waals surface area contributed by atoms with Gasteiger partial charge in [0, 0.05) is 25.0 Å². The molecule has 0 aliphatic carbocycles. The summed E-state index contributed by atoms with van der Waals surface area (Å²) in [6, 6.07) is 8.01. The number of ether oxygens (including phenoxy) is 1. The van der Waals surface area contributed by atoms with Gasteiger partial charge in [-0.15, -0.1) is 0 Å². The molecule has 1 fully saturated rings. The van der Waals surface area contributed by atoms with Crippen LogP contribution in [0.2, 0.25) is 0 Å². The van der Waals surface area contributed by atoms with Crippen LogP contribution in [0.3, 0.4) is 0 Å². The number of hydrogen-bond donors (Lipinski definition) is 1. The molecule has 0 saturated carbocycles. The number of halogens is 3. The number of nitrogens with one attached hydrogen (secondary N) is 1. The van der Waals surface area contributed by atoms with E-state index in [0.717, 1.165) is 12.1 Å². The second-order valence-electron chi connectivity index (χ2n) is 5.54. The summed E-state index contributed by atoms with van der Waals surface area (Å²) in [5.41, 5.74) is -0.0392. The number of pyridine rings is 1. The van der Waals surface area contributed by atoms with Crippen molar-refractivity contribution in [1.82, 2.24) is 9.88 Å². The fourth-order valence-electron chi connectivity index (χ4n) is 2.46. The Hall–Kier alpha value is -2.61. The van der Waals surface area contributed by atoms with E-state index in [1.165, 1.54) is 18.3 Å². The van der Waals surface area contributed by atoms with Crippen LogP contribution in [0.4, 0.5) is 24.7 Å². The topological polar surface area (TPSA) is 54.5 Å². The molecule has 1 N–H and O–H groups in total. The number of morpholine rings is 1. The zero-order valence-electron chi connectivity index (χ0n) is 13.2. The molecule has 5 nitrogen and oxygen atoms in total. The van der Waals surface area contributed by atoms with Crippen LogP contribution in [0.15, 0.2) is 42.6 Å². The Labute approximate surface area is 142 Å². The number of carbonyl (C=O) groups is 1. The average molecular weight is 351 g/mol. The Morgan fingerprint density at radius 1 is 1.16 bits per heavy atom. The largest absolute Gasteiger partial charge is 0.416 e. The van der Waals surface area contributed by atoms with E-state index in [0.29, 0.717) is 37.7 Å². The molecule has 1 aliphatic heterocycles. The summed E-state index contributed by atoms with van der Waals surface area (Å²) < 4.78 is 43.4. The van der Waals surface area contributed by atoms with Gasteiger partial charge in [0.05, 0.1) is 24.3 Å². The highest BCUT2D eigenvalue weighted by Crippen LogP contribution is 2.31. The minimum atomic E-state index is -4.40. The number of rotatable bonds is 3. The lowest BCUT2D eigenvalue weighted by Gasteiger charge is -2.26. The zero-order chi connectivity index (χ0) is 17.9. The molecule has 25 heavy (non-hydrogen) atoms. The number of hydrogen-bond acceptors (Lipinski definition) is 4. The van der Waals surface area contributed by atoms with Crippen LogP contribution >= 0.6 is 0 Å². The standard InChI is InChI=1S/C17H16F3N3O2/c18-17(19,20)13-2-1-3-14(10-13)22-15-5-4-12(11-21-15)16(24)23-6-8-25-9-7-23/h1-5,10-11H,6-9H2,(H,21,22). The third-order valence-corrected chi connectivity index (χ3v) is 3.77. The van der Waals surface area contributed by atoms with Gasteiger partial charge in [-0.1, -0.05) is 6.07 Å². The van der Waals surface area contributed by atoms with Crippen molar-refractivity contribution < 1.29 is 22.7 Å². The van der Waals surface area contributed by atoms with E-state index in [9.17, 15) is 18.0 Å². The quantitative estimate of drug-likeness (QED) is 0.922. The molecule has 0 radical (unpaired) electrons. The molecule has 0 atom stereocenters. The van der Waals surface area contributed by atoms with Gasteiger partial charge >= 0.3 is 6.18 Å². The highest BCUT2D eigenvalue weighted by atomic mass is 19.4. The molecular formula is C17H16F3N3O2. The van der Waals surface area contributed by atoms with Crippen molar-refractivity contribution in [2.75, 3.05) is 31.6 Å². The fourth-order valence-corrected chi connectivity index (χ4v) is 2.46. The first-order valence-corrected chi connectivity index (χ1v) is 7.71. The Morgan fingerprint density at radius 2 is 1.92 bits per heavy atom. The molecular weight excluding hydrogens is 335 g/mol. The van der Waals surface area contributed by atoms with Gasteiger partial charge in [0.2, 0.25) is 0 Å². The zero-order valence-corrected chi connectivity index (χ0v) is 13.2. The minimum Gasteiger partial charge on any atom is -0.378 e. The maximum atomic E-state index is 12.7. The van der Waals surface area contributed by atoms with Crippen molar-refractivity contribution in [3.63, 3.8) is 0 Å². The van der Waals surface area contributed by atoms with Gasteiger partial charge in [-0.3, -0.25) is 4.79 Å². The molecule has 132 valence electrons. The molecule has 1 aromatic carbocycles. The first-order chi connectivity index (χ1) is 11.9. The van der Waals surface area contributed by atoms with Crippen LogP contribution in [0.25, 0.3) is 0 Å². The van der Waals surface area contributed by atoms with Crippen molar-refractivity contribution in [3.05, 3.63) is 53.7 Å². The van der Waals surface area contributed by atoms with Crippen LogP contribution in [0, 0.1) is 0 Å². The number of aromatic nitrogens is 1. The number of nitrogens with zero attached hydrogens (tertiary/aromatic N) is 2. The number of benzene rings is 1. The molecule has 1 saturated heterocycles. The van der Waals surface area contributed by atoms with Crippen molar-refractivity contribution in [3.8, 4) is 0 Å². The van der Waals surface area contributed by atoms with Crippen LogP contribution < -0.4 is 5.32 Å². The Morgan fingerprint density at radius 3 is 2.56 bits per heavy atom. The first-order valence-electron chi connectivity index (χ1n) is 7.71. The van der Waals surface area contributed by atoms with Gasteiger partial charge in [-0.25, -0.2) is 4.98 Å². The maximum Gasteiger partial charge on any atom is 0.416 e. The fraction of sp³-hybridized carbons (Fsp3) is 0.294. The Bertz CT molecular complexity index is 742. The SMILES string of the molecule is O=C(c1ccc(Nc2cccc(C(F)(F)F)c2)nc1)N1CCOCC1. The van der Waals surface area contributed by atoms with Crippen LogP contribution in [-0.2, 0) is 10.9 Å². The third kappa shape index (κ3) is 4.27. The normalized spacial score (nSPS) is 15.1. The molecule has 1 aromatic heterocycles. The van der Waals surface area contributed by atoms with E-state index >= 15 is 0 Å². The maximum absolute atomic E-state index is 12.7. The van der Waals surface area contributed by atoms with Crippen molar-refractivity contribution in [2.45, 2.75) is 6.18 Å². The molecule has 3 rings (SSSR count). The van der Waals surface area contributed by atoms with Crippen LogP contribution in [0.5, 0.6) is 0 Å². The van der Waals surface area contributed by atoms with Crippen LogP contribution in [-0.4, -0.2) is 42.1 Å². The summed E-state index contributed by atoms with van der Waals surface area (Å²) >= 11 is 0. The van der Waals surface area contributed by atoms with Gasteiger partial charge in [0.15, 0.2) is 0 Å². The van der Waals surface area contributed by atoms with Crippen molar-refractivity contribution in [1.29, 1.82) is 0 Å². The van der Waals surface area contributed by atoms with Crippen molar-refractivity contribution >= 4 is 17.4 Å². The summed E-state index contributed by atoms with van der Waals surface area (Å²) in [7, 11) is 0. The first kappa shape index (κ1) is 17.2. The number of alkyl halides is 3. The monoisotopic (exact) mass is 351 g/mol. The predicted octanol–water partition coefficient (Wildman–Crippen LogP) is 3.32. The summed E-state index contributed by atoms with van der Waals surface area (Å²) in [6.07, 6.45) is -2.99. The van der Waals surface area contributed by atoms with E-state index in [1.54, 1.807) is 17.0 Å². The van der Waals surface area contributed by atoms with Gasteiger partial charge in [0.25, 0.3) is 5.91 Å².